The minimum absolute atomic E-state index is 0.102. The molecule has 2 heterocycles. The predicted octanol–water partition coefficient (Wildman–Crippen LogP) is 3.91. The molecular weight excluding hydrogens is 456 g/mol. The molecule has 3 aromatic rings. The lowest BCUT2D eigenvalue weighted by Gasteiger charge is -2.38. The van der Waals surface area contributed by atoms with E-state index in [9.17, 15) is 14.9 Å². The second kappa shape index (κ2) is 10.8. The fraction of sp³-hybridized carbons (Fsp3) is 0.321. The maximum Gasteiger partial charge on any atom is 0.292 e. The minimum atomic E-state index is -0.341. The summed E-state index contributed by atoms with van der Waals surface area (Å²) < 4.78 is 5.43. The molecule has 0 bridgehead atoms. The molecule has 2 fully saturated rings. The Morgan fingerprint density at radius 3 is 1.92 bits per heavy atom. The van der Waals surface area contributed by atoms with Gasteiger partial charge in [-0.1, -0.05) is 60.7 Å². The number of piperazine rings is 1. The highest BCUT2D eigenvalue weighted by Crippen LogP contribution is 2.34. The number of morpholine rings is 1. The quantitative estimate of drug-likeness (QED) is 0.388. The molecule has 2 saturated heterocycles. The molecular formula is C28H30N4O4. The summed E-state index contributed by atoms with van der Waals surface area (Å²) in [5.41, 5.74) is 3.66. The minimum Gasteiger partial charge on any atom is -0.378 e. The van der Waals surface area contributed by atoms with E-state index in [1.807, 2.05) is 82.6 Å². The van der Waals surface area contributed by atoms with Crippen LogP contribution in [0.1, 0.15) is 17.0 Å². The van der Waals surface area contributed by atoms with E-state index in [-0.39, 0.29) is 22.4 Å². The highest BCUT2D eigenvalue weighted by Gasteiger charge is 2.30. The van der Waals surface area contributed by atoms with E-state index in [1.165, 1.54) is 0 Å². The van der Waals surface area contributed by atoms with Gasteiger partial charge in [0.05, 0.1) is 24.1 Å². The lowest BCUT2D eigenvalue weighted by molar-refractivity contribution is -0.384. The molecule has 0 N–H and O–H groups in total. The van der Waals surface area contributed by atoms with Crippen LogP contribution in [0, 0.1) is 10.1 Å². The molecule has 2 aliphatic heterocycles. The van der Waals surface area contributed by atoms with Crippen molar-refractivity contribution in [1.82, 2.24) is 4.90 Å². The molecule has 0 aromatic heterocycles. The van der Waals surface area contributed by atoms with Crippen molar-refractivity contribution >= 4 is 23.0 Å². The van der Waals surface area contributed by atoms with Crippen LogP contribution in [0.4, 0.5) is 17.1 Å². The molecule has 3 aromatic carbocycles. The van der Waals surface area contributed by atoms with Gasteiger partial charge in [0.1, 0.15) is 5.69 Å². The van der Waals surface area contributed by atoms with Crippen LogP contribution in [-0.2, 0) is 9.53 Å². The third kappa shape index (κ3) is 5.04. The first kappa shape index (κ1) is 23.8. The molecule has 36 heavy (non-hydrogen) atoms. The molecule has 1 amide bonds. The van der Waals surface area contributed by atoms with Crippen LogP contribution in [0.2, 0.25) is 0 Å². The van der Waals surface area contributed by atoms with Gasteiger partial charge in [-0.3, -0.25) is 14.9 Å². The number of anilines is 2. The van der Waals surface area contributed by atoms with Gasteiger partial charge in [0.15, 0.2) is 0 Å². The molecule has 8 nitrogen and oxygen atoms in total. The molecule has 2 aliphatic rings. The summed E-state index contributed by atoms with van der Waals surface area (Å²) in [6, 6.07) is 25.2. The largest absolute Gasteiger partial charge is 0.378 e. The van der Waals surface area contributed by atoms with E-state index < -0.39 is 0 Å². The monoisotopic (exact) mass is 486 g/mol. The zero-order valence-corrected chi connectivity index (χ0v) is 20.2. The smallest absolute Gasteiger partial charge is 0.292 e. The maximum absolute atomic E-state index is 13.7. The van der Waals surface area contributed by atoms with Gasteiger partial charge in [-0.2, -0.15) is 0 Å². The van der Waals surface area contributed by atoms with Crippen LogP contribution in [0.15, 0.2) is 78.9 Å². The number of amides is 1. The SMILES string of the molecule is O=C(C(c1ccccc1)c1ccccc1)N1CCN(c2ccc([N+](=O)[O-])c(N3CCOCC3)c2)CC1. The third-order valence-electron chi connectivity index (χ3n) is 6.98. The van der Waals surface area contributed by atoms with Crippen molar-refractivity contribution in [2.45, 2.75) is 5.92 Å². The standard InChI is InChI=1S/C28H30N4O4/c33-28(27(22-7-3-1-4-8-22)23-9-5-2-6-10-23)31-15-13-29(14-16-31)24-11-12-25(32(34)35)26(21-24)30-17-19-36-20-18-30/h1-12,21,27H,13-20H2. The van der Waals surface area contributed by atoms with E-state index in [4.69, 9.17) is 4.74 Å². The summed E-state index contributed by atoms with van der Waals surface area (Å²) in [4.78, 5) is 31.2. The number of nitro benzene ring substituents is 1. The van der Waals surface area contributed by atoms with Crippen molar-refractivity contribution in [3.05, 3.63) is 100 Å². The van der Waals surface area contributed by atoms with Gasteiger partial charge in [-0.05, 0) is 23.3 Å². The maximum atomic E-state index is 13.7. The summed E-state index contributed by atoms with van der Waals surface area (Å²) >= 11 is 0. The zero-order chi connectivity index (χ0) is 24.9. The highest BCUT2D eigenvalue weighted by molar-refractivity contribution is 5.87. The Hall–Kier alpha value is -3.91. The van der Waals surface area contributed by atoms with Crippen molar-refractivity contribution in [2.75, 3.05) is 62.3 Å². The van der Waals surface area contributed by atoms with Crippen LogP contribution < -0.4 is 9.80 Å². The van der Waals surface area contributed by atoms with Gasteiger partial charge in [-0.15, -0.1) is 0 Å². The molecule has 0 unspecified atom stereocenters. The third-order valence-corrected chi connectivity index (χ3v) is 6.98. The summed E-state index contributed by atoms with van der Waals surface area (Å²) in [6.45, 7) is 4.92. The van der Waals surface area contributed by atoms with Crippen LogP contribution in [-0.4, -0.2) is 68.2 Å². The highest BCUT2D eigenvalue weighted by atomic mass is 16.6. The second-order valence-electron chi connectivity index (χ2n) is 9.10. The fourth-order valence-corrected chi connectivity index (χ4v) is 5.06. The number of benzene rings is 3. The molecule has 0 radical (unpaired) electrons. The van der Waals surface area contributed by atoms with Crippen molar-refractivity contribution in [3.8, 4) is 0 Å². The Kier molecular flexibility index (Phi) is 7.13. The predicted molar refractivity (Wildman–Crippen MR) is 140 cm³/mol. The lowest BCUT2D eigenvalue weighted by Crippen LogP contribution is -2.50. The topological polar surface area (TPSA) is 79.2 Å². The van der Waals surface area contributed by atoms with Gasteiger partial charge in [0, 0.05) is 51.0 Å². The Balaban J connectivity index is 1.33. The van der Waals surface area contributed by atoms with Gasteiger partial charge in [-0.25, -0.2) is 0 Å². The first-order chi connectivity index (χ1) is 17.6. The number of carbonyl (C=O) groups is 1. The van der Waals surface area contributed by atoms with Crippen molar-refractivity contribution in [3.63, 3.8) is 0 Å². The van der Waals surface area contributed by atoms with Crippen LogP contribution >= 0.6 is 0 Å². The molecule has 5 rings (SSSR count). The number of nitrogens with zero attached hydrogens (tertiary/aromatic N) is 4. The zero-order valence-electron chi connectivity index (χ0n) is 20.2. The van der Waals surface area contributed by atoms with Gasteiger partial charge in [0.25, 0.3) is 5.69 Å². The van der Waals surface area contributed by atoms with Crippen LogP contribution in [0.5, 0.6) is 0 Å². The van der Waals surface area contributed by atoms with E-state index in [0.29, 0.717) is 58.2 Å². The van der Waals surface area contributed by atoms with E-state index in [1.54, 1.807) is 6.07 Å². The summed E-state index contributed by atoms with van der Waals surface area (Å²) in [6.07, 6.45) is 0. The van der Waals surface area contributed by atoms with Crippen LogP contribution in [0.3, 0.4) is 0 Å². The van der Waals surface area contributed by atoms with E-state index in [2.05, 4.69) is 4.90 Å². The number of rotatable bonds is 6. The Labute approximate surface area is 210 Å². The number of carbonyl (C=O) groups excluding carboxylic acids is 1. The van der Waals surface area contributed by atoms with E-state index in [0.717, 1.165) is 16.8 Å². The molecule has 0 spiro atoms. The summed E-state index contributed by atoms with van der Waals surface area (Å²) in [5.74, 6) is -0.240. The van der Waals surface area contributed by atoms with Crippen molar-refractivity contribution < 1.29 is 14.5 Å². The first-order valence-corrected chi connectivity index (χ1v) is 12.4. The molecule has 186 valence electrons. The fourth-order valence-electron chi connectivity index (χ4n) is 5.06. The Morgan fingerprint density at radius 1 is 0.778 bits per heavy atom. The van der Waals surface area contributed by atoms with Crippen molar-refractivity contribution in [2.24, 2.45) is 0 Å². The van der Waals surface area contributed by atoms with Crippen LogP contribution in [0.25, 0.3) is 0 Å². The second-order valence-corrected chi connectivity index (χ2v) is 9.10. The molecule has 0 atom stereocenters. The molecule has 8 heteroatoms. The Bertz CT molecular complexity index is 1150. The first-order valence-electron chi connectivity index (χ1n) is 12.4. The normalized spacial score (nSPS) is 16.3. The van der Waals surface area contributed by atoms with E-state index >= 15 is 0 Å². The van der Waals surface area contributed by atoms with Crippen molar-refractivity contribution in [1.29, 1.82) is 0 Å². The lowest BCUT2D eigenvalue weighted by atomic mass is 9.90. The molecule has 0 aliphatic carbocycles. The van der Waals surface area contributed by atoms with Gasteiger partial charge in [0.2, 0.25) is 5.91 Å². The average molecular weight is 487 g/mol. The number of nitro groups is 1. The van der Waals surface area contributed by atoms with Gasteiger partial charge < -0.3 is 19.4 Å². The van der Waals surface area contributed by atoms with Gasteiger partial charge >= 0.3 is 0 Å². The summed E-state index contributed by atoms with van der Waals surface area (Å²) in [5, 5.41) is 11.7. The molecule has 0 saturated carbocycles. The Morgan fingerprint density at radius 2 is 1.36 bits per heavy atom. The summed E-state index contributed by atoms with van der Waals surface area (Å²) in [7, 11) is 0. The number of hydrogen-bond donors (Lipinski definition) is 0. The average Bonchev–Trinajstić information content (AvgIpc) is 2.94. The number of ether oxygens (including phenoxy) is 1. The number of hydrogen-bond acceptors (Lipinski definition) is 6.